The molecule has 0 bridgehead atoms. The number of nitrogens with zero attached hydrogens (tertiary/aromatic N) is 1. The van der Waals surface area contributed by atoms with Crippen LogP contribution in [-0.2, 0) is 0 Å². The van der Waals surface area contributed by atoms with Crippen LogP contribution < -0.4 is 5.32 Å². The van der Waals surface area contributed by atoms with Crippen LogP contribution in [0.4, 0.5) is 11.5 Å². The van der Waals surface area contributed by atoms with E-state index < -0.39 is 0 Å². The zero-order valence-electron chi connectivity index (χ0n) is 12.0. The zero-order chi connectivity index (χ0) is 14.8. The number of rotatable bonds is 3. The Balaban J connectivity index is 1.65. The maximum Gasteiger partial charge on any atom is 0.130 e. The first-order valence-corrected chi connectivity index (χ1v) is 7.24. The van der Waals surface area contributed by atoms with Crippen LogP contribution in [-0.4, -0.2) is 9.97 Å². The molecule has 4 aromatic rings. The Morgan fingerprint density at radius 3 is 2.64 bits per heavy atom. The van der Waals surface area contributed by atoms with Gasteiger partial charge in [0.1, 0.15) is 5.82 Å². The van der Waals surface area contributed by atoms with Crippen LogP contribution in [0.15, 0.2) is 79.1 Å². The maximum atomic E-state index is 4.41. The van der Waals surface area contributed by atoms with Gasteiger partial charge in [-0.15, -0.1) is 0 Å². The predicted molar refractivity (Wildman–Crippen MR) is 91.3 cm³/mol. The molecule has 2 N–H and O–H groups in total. The van der Waals surface area contributed by atoms with Gasteiger partial charge in [0.15, 0.2) is 0 Å². The highest BCUT2D eigenvalue weighted by atomic mass is 15.0. The number of pyridine rings is 1. The van der Waals surface area contributed by atoms with Crippen molar-refractivity contribution in [2.24, 2.45) is 0 Å². The van der Waals surface area contributed by atoms with E-state index in [0.29, 0.717) is 0 Å². The lowest BCUT2D eigenvalue weighted by atomic mass is 10.1. The summed E-state index contributed by atoms with van der Waals surface area (Å²) < 4.78 is 0. The number of hydrogen-bond acceptors (Lipinski definition) is 2. The molecule has 0 aliphatic carbocycles. The lowest BCUT2D eigenvalue weighted by molar-refractivity contribution is 1.31. The van der Waals surface area contributed by atoms with Crippen LogP contribution in [0.2, 0.25) is 0 Å². The number of H-pyrrole nitrogens is 1. The summed E-state index contributed by atoms with van der Waals surface area (Å²) in [4.78, 5) is 7.63. The molecule has 22 heavy (non-hydrogen) atoms. The topological polar surface area (TPSA) is 40.7 Å². The first-order chi connectivity index (χ1) is 10.9. The Morgan fingerprint density at radius 2 is 1.73 bits per heavy atom. The highest BCUT2D eigenvalue weighted by Crippen LogP contribution is 2.24. The molecule has 0 saturated heterocycles. The third-order valence-corrected chi connectivity index (χ3v) is 3.69. The second kappa shape index (κ2) is 5.37. The van der Waals surface area contributed by atoms with Gasteiger partial charge >= 0.3 is 0 Å². The van der Waals surface area contributed by atoms with Gasteiger partial charge in [-0.25, -0.2) is 4.98 Å². The van der Waals surface area contributed by atoms with Crippen molar-refractivity contribution >= 4 is 22.4 Å². The molecule has 0 spiro atoms. The Bertz CT molecular complexity index is 910. The molecule has 0 saturated carbocycles. The number of hydrogen-bond donors (Lipinski definition) is 2. The van der Waals surface area contributed by atoms with Crippen LogP contribution in [0, 0.1) is 0 Å². The van der Waals surface area contributed by atoms with E-state index in [9.17, 15) is 0 Å². The second-order valence-electron chi connectivity index (χ2n) is 5.20. The maximum absolute atomic E-state index is 4.41. The molecule has 0 amide bonds. The molecule has 3 heteroatoms. The molecule has 0 radical (unpaired) electrons. The van der Waals surface area contributed by atoms with Crippen molar-refractivity contribution < 1.29 is 0 Å². The lowest BCUT2D eigenvalue weighted by Gasteiger charge is -2.08. The minimum Gasteiger partial charge on any atom is -0.361 e. The third-order valence-electron chi connectivity index (χ3n) is 3.69. The normalized spacial score (nSPS) is 10.7. The van der Waals surface area contributed by atoms with E-state index in [1.54, 1.807) is 0 Å². The Morgan fingerprint density at radius 1 is 0.818 bits per heavy atom. The molecule has 0 aliphatic rings. The predicted octanol–water partition coefficient (Wildman–Crippen LogP) is 4.97. The van der Waals surface area contributed by atoms with Crippen molar-refractivity contribution in [2.75, 3.05) is 5.32 Å². The van der Waals surface area contributed by atoms with Crippen molar-refractivity contribution in [3.8, 4) is 11.1 Å². The molecular formula is C19H15N3. The Hall–Kier alpha value is -3.07. The van der Waals surface area contributed by atoms with Gasteiger partial charge in [0.2, 0.25) is 0 Å². The van der Waals surface area contributed by atoms with Crippen molar-refractivity contribution in [3.05, 3.63) is 79.1 Å². The van der Waals surface area contributed by atoms with Crippen LogP contribution in [0.3, 0.4) is 0 Å². The van der Waals surface area contributed by atoms with Gasteiger partial charge < -0.3 is 10.3 Å². The van der Waals surface area contributed by atoms with Crippen molar-refractivity contribution in [3.63, 3.8) is 0 Å². The highest BCUT2D eigenvalue weighted by Gasteiger charge is 2.02. The minimum atomic E-state index is 0.840. The SMILES string of the molecule is c1ccc(-c2ccnc(Nc3ccc4cc[nH]c4c3)c2)cc1. The largest absolute Gasteiger partial charge is 0.361 e. The van der Waals surface area contributed by atoms with E-state index in [4.69, 9.17) is 0 Å². The van der Waals surface area contributed by atoms with Gasteiger partial charge in [0, 0.05) is 23.6 Å². The number of fused-ring (bicyclic) bond motifs is 1. The Labute approximate surface area is 128 Å². The summed E-state index contributed by atoms with van der Waals surface area (Å²) in [5.41, 5.74) is 4.48. The molecule has 106 valence electrons. The summed E-state index contributed by atoms with van der Waals surface area (Å²) in [6, 6.07) is 22.7. The second-order valence-corrected chi connectivity index (χ2v) is 5.20. The summed E-state index contributed by atoms with van der Waals surface area (Å²) in [6.07, 6.45) is 3.78. The number of nitrogens with one attached hydrogen (secondary N) is 2. The van der Waals surface area contributed by atoms with Crippen LogP contribution >= 0.6 is 0 Å². The summed E-state index contributed by atoms with van der Waals surface area (Å²) >= 11 is 0. The first kappa shape index (κ1) is 12.7. The van der Waals surface area contributed by atoms with Gasteiger partial charge in [-0.1, -0.05) is 36.4 Å². The molecule has 0 aliphatic heterocycles. The third kappa shape index (κ3) is 2.44. The number of aromatic amines is 1. The van der Waals surface area contributed by atoms with Gasteiger partial charge in [-0.2, -0.15) is 0 Å². The molecular weight excluding hydrogens is 270 g/mol. The average molecular weight is 285 g/mol. The fraction of sp³-hybridized carbons (Fsp3) is 0. The molecule has 0 fully saturated rings. The zero-order valence-corrected chi connectivity index (χ0v) is 12.0. The fourth-order valence-electron chi connectivity index (χ4n) is 2.58. The first-order valence-electron chi connectivity index (χ1n) is 7.24. The summed E-state index contributed by atoms with van der Waals surface area (Å²) in [6.45, 7) is 0. The van der Waals surface area contributed by atoms with Crippen molar-refractivity contribution in [2.45, 2.75) is 0 Å². The lowest BCUT2D eigenvalue weighted by Crippen LogP contribution is -1.93. The molecule has 0 unspecified atom stereocenters. The van der Waals surface area contributed by atoms with E-state index in [1.165, 1.54) is 10.9 Å². The van der Waals surface area contributed by atoms with Gasteiger partial charge in [0.25, 0.3) is 0 Å². The Kier molecular flexibility index (Phi) is 3.09. The number of benzene rings is 2. The molecule has 3 nitrogen and oxygen atoms in total. The van der Waals surface area contributed by atoms with E-state index in [0.717, 1.165) is 22.6 Å². The van der Waals surface area contributed by atoms with E-state index >= 15 is 0 Å². The standard InChI is InChI=1S/C19H15N3/c1-2-4-14(5-3-1)16-9-11-21-19(12-16)22-17-7-6-15-8-10-20-18(15)13-17/h1-13,20H,(H,21,22). The van der Waals surface area contributed by atoms with Crippen LogP contribution in [0.1, 0.15) is 0 Å². The average Bonchev–Trinajstić information content (AvgIpc) is 3.04. The number of anilines is 2. The van der Waals surface area contributed by atoms with Crippen molar-refractivity contribution in [1.29, 1.82) is 0 Å². The van der Waals surface area contributed by atoms with Gasteiger partial charge in [-0.3, -0.25) is 0 Å². The smallest absolute Gasteiger partial charge is 0.130 e. The van der Waals surface area contributed by atoms with E-state index in [2.05, 4.69) is 57.7 Å². The monoisotopic (exact) mass is 285 g/mol. The highest BCUT2D eigenvalue weighted by molar-refractivity contribution is 5.83. The van der Waals surface area contributed by atoms with Crippen molar-refractivity contribution in [1.82, 2.24) is 9.97 Å². The van der Waals surface area contributed by atoms with Gasteiger partial charge in [0.05, 0.1) is 0 Å². The van der Waals surface area contributed by atoms with E-state index in [-0.39, 0.29) is 0 Å². The molecule has 0 atom stereocenters. The summed E-state index contributed by atoms with van der Waals surface area (Å²) in [5, 5.41) is 4.57. The van der Waals surface area contributed by atoms with Gasteiger partial charge in [-0.05, 0) is 46.8 Å². The minimum absolute atomic E-state index is 0.840. The molecule has 2 aromatic heterocycles. The molecule has 2 aromatic carbocycles. The molecule has 2 heterocycles. The van der Waals surface area contributed by atoms with Crippen LogP contribution in [0.25, 0.3) is 22.0 Å². The molecule has 4 rings (SSSR count). The number of aromatic nitrogens is 2. The van der Waals surface area contributed by atoms with Crippen LogP contribution in [0.5, 0.6) is 0 Å². The quantitative estimate of drug-likeness (QED) is 0.557. The summed E-state index contributed by atoms with van der Waals surface area (Å²) in [5.74, 6) is 0.840. The summed E-state index contributed by atoms with van der Waals surface area (Å²) in [7, 11) is 0. The van der Waals surface area contributed by atoms with E-state index in [1.807, 2.05) is 36.7 Å². The fourth-order valence-corrected chi connectivity index (χ4v) is 2.58.